The Morgan fingerprint density at radius 1 is 0.793 bits per heavy atom. The van der Waals surface area contributed by atoms with Crippen LogP contribution in [0.2, 0.25) is 0 Å². The minimum Gasteiger partial charge on any atom is -0.339 e. The molecule has 3 aromatic rings. The van der Waals surface area contributed by atoms with Gasteiger partial charge in [0.2, 0.25) is 0 Å². The van der Waals surface area contributed by atoms with Gasteiger partial charge in [-0.1, -0.05) is 42.5 Å². The van der Waals surface area contributed by atoms with Gasteiger partial charge >= 0.3 is 0 Å². The maximum atomic E-state index is 12.7. The molecule has 0 radical (unpaired) electrons. The van der Waals surface area contributed by atoms with E-state index in [0.717, 1.165) is 11.1 Å². The molecule has 0 saturated carbocycles. The molecule has 0 saturated heterocycles. The molecule has 0 atom stereocenters. The van der Waals surface area contributed by atoms with E-state index in [1.54, 1.807) is 53.4 Å². The number of carbonyl (C=O) groups is 1. The Bertz CT molecular complexity index is 1060. The fraction of sp³-hybridized carbons (Fsp3) is 0.174. The smallest absolute Gasteiger partial charge is 0.261 e. The highest BCUT2D eigenvalue weighted by Gasteiger charge is 2.16. The van der Waals surface area contributed by atoms with Crippen molar-refractivity contribution in [1.29, 1.82) is 0 Å². The minimum absolute atomic E-state index is 0.0686. The predicted octanol–water partition coefficient (Wildman–Crippen LogP) is 4.64. The van der Waals surface area contributed by atoms with Gasteiger partial charge in [0.05, 0.1) is 4.90 Å². The SMILES string of the molecule is CCN(CC)C(=O)c1ccc(NS(=O)(=O)c2ccc(-c3ccccc3)cc2)cc1. The lowest BCUT2D eigenvalue weighted by atomic mass is 10.1. The average Bonchev–Trinajstić information content (AvgIpc) is 2.75. The van der Waals surface area contributed by atoms with E-state index in [1.165, 1.54) is 0 Å². The number of nitrogens with zero attached hydrogens (tertiary/aromatic N) is 1. The second-order valence-electron chi connectivity index (χ2n) is 6.55. The van der Waals surface area contributed by atoms with Gasteiger partial charge in [0, 0.05) is 24.3 Å². The van der Waals surface area contributed by atoms with Gasteiger partial charge in [-0.2, -0.15) is 0 Å². The van der Waals surface area contributed by atoms with Crippen LogP contribution >= 0.6 is 0 Å². The molecule has 0 aliphatic rings. The number of hydrogen-bond donors (Lipinski definition) is 1. The van der Waals surface area contributed by atoms with Crippen LogP contribution in [0.25, 0.3) is 11.1 Å². The van der Waals surface area contributed by atoms with Crippen LogP contribution in [-0.2, 0) is 10.0 Å². The molecular weight excluding hydrogens is 384 g/mol. The van der Waals surface area contributed by atoms with Gasteiger partial charge in [-0.05, 0) is 61.4 Å². The third-order valence-electron chi connectivity index (χ3n) is 4.71. The highest BCUT2D eigenvalue weighted by Crippen LogP contribution is 2.22. The second kappa shape index (κ2) is 8.92. The quantitative estimate of drug-likeness (QED) is 0.619. The van der Waals surface area contributed by atoms with Crippen molar-refractivity contribution in [1.82, 2.24) is 4.90 Å². The fourth-order valence-electron chi connectivity index (χ4n) is 3.05. The van der Waals surface area contributed by atoms with Crippen LogP contribution in [0.4, 0.5) is 5.69 Å². The number of nitrogens with one attached hydrogen (secondary N) is 1. The maximum absolute atomic E-state index is 12.7. The molecule has 0 heterocycles. The van der Waals surface area contributed by atoms with Gasteiger partial charge in [0.15, 0.2) is 0 Å². The molecule has 3 rings (SSSR count). The molecule has 0 bridgehead atoms. The summed E-state index contributed by atoms with van der Waals surface area (Å²) in [6.45, 7) is 5.10. The Morgan fingerprint density at radius 3 is 1.90 bits per heavy atom. The van der Waals surface area contributed by atoms with Crippen LogP contribution in [-0.4, -0.2) is 32.3 Å². The molecule has 29 heavy (non-hydrogen) atoms. The molecular formula is C23H24N2O3S. The average molecular weight is 409 g/mol. The van der Waals surface area contributed by atoms with Crippen molar-refractivity contribution in [3.63, 3.8) is 0 Å². The largest absolute Gasteiger partial charge is 0.339 e. The zero-order chi connectivity index (χ0) is 20.9. The number of amides is 1. The van der Waals surface area contributed by atoms with E-state index in [4.69, 9.17) is 0 Å². The van der Waals surface area contributed by atoms with Crippen LogP contribution in [0.5, 0.6) is 0 Å². The molecule has 5 nitrogen and oxygen atoms in total. The number of hydrogen-bond acceptors (Lipinski definition) is 3. The van der Waals surface area contributed by atoms with Gasteiger partial charge in [0.1, 0.15) is 0 Å². The molecule has 0 spiro atoms. The Morgan fingerprint density at radius 2 is 1.34 bits per heavy atom. The lowest BCUT2D eigenvalue weighted by Crippen LogP contribution is -2.30. The van der Waals surface area contributed by atoms with Gasteiger partial charge in [-0.25, -0.2) is 8.42 Å². The van der Waals surface area contributed by atoms with Crippen LogP contribution in [0.15, 0.2) is 83.8 Å². The van der Waals surface area contributed by atoms with Gasteiger partial charge in [-0.15, -0.1) is 0 Å². The molecule has 150 valence electrons. The highest BCUT2D eigenvalue weighted by atomic mass is 32.2. The Balaban J connectivity index is 1.75. The fourth-order valence-corrected chi connectivity index (χ4v) is 4.10. The third-order valence-corrected chi connectivity index (χ3v) is 6.10. The predicted molar refractivity (Wildman–Crippen MR) is 116 cm³/mol. The van der Waals surface area contributed by atoms with Crippen molar-refractivity contribution < 1.29 is 13.2 Å². The van der Waals surface area contributed by atoms with Crippen molar-refractivity contribution >= 4 is 21.6 Å². The minimum atomic E-state index is -3.72. The molecule has 0 aliphatic heterocycles. The first-order valence-electron chi connectivity index (χ1n) is 9.52. The number of benzene rings is 3. The topological polar surface area (TPSA) is 66.5 Å². The first kappa shape index (κ1) is 20.6. The lowest BCUT2D eigenvalue weighted by Gasteiger charge is -2.18. The highest BCUT2D eigenvalue weighted by molar-refractivity contribution is 7.92. The van der Waals surface area contributed by atoms with E-state index in [9.17, 15) is 13.2 Å². The molecule has 3 aromatic carbocycles. The number of anilines is 1. The van der Waals surface area contributed by atoms with Gasteiger partial charge in [-0.3, -0.25) is 9.52 Å². The Kier molecular flexibility index (Phi) is 6.34. The summed E-state index contributed by atoms with van der Waals surface area (Å²) in [6.07, 6.45) is 0. The van der Waals surface area contributed by atoms with Crippen LogP contribution in [0, 0.1) is 0 Å². The molecule has 1 amide bonds. The van der Waals surface area contributed by atoms with Crippen molar-refractivity contribution in [3.8, 4) is 11.1 Å². The summed E-state index contributed by atoms with van der Waals surface area (Å²) in [5.41, 5.74) is 2.92. The van der Waals surface area contributed by atoms with E-state index in [2.05, 4.69) is 4.72 Å². The summed E-state index contributed by atoms with van der Waals surface area (Å²) in [7, 11) is -3.72. The standard InChI is InChI=1S/C23H24N2O3S/c1-3-25(4-2)23(26)20-10-14-21(15-11-20)24-29(27,28)22-16-12-19(13-17-22)18-8-6-5-7-9-18/h5-17,24H,3-4H2,1-2H3. The number of sulfonamides is 1. The Labute approximate surface area is 172 Å². The van der Waals surface area contributed by atoms with E-state index < -0.39 is 10.0 Å². The van der Waals surface area contributed by atoms with E-state index in [-0.39, 0.29) is 10.8 Å². The zero-order valence-corrected chi connectivity index (χ0v) is 17.3. The molecule has 6 heteroatoms. The van der Waals surface area contributed by atoms with E-state index >= 15 is 0 Å². The van der Waals surface area contributed by atoms with Gasteiger partial charge in [0.25, 0.3) is 15.9 Å². The van der Waals surface area contributed by atoms with Crippen LogP contribution < -0.4 is 4.72 Å². The van der Waals surface area contributed by atoms with E-state index in [1.807, 2.05) is 44.2 Å². The summed E-state index contributed by atoms with van der Waals surface area (Å²) >= 11 is 0. The summed E-state index contributed by atoms with van der Waals surface area (Å²) in [5.74, 6) is -0.0686. The first-order valence-corrected chi connectivity index (χ1v) is 11.0. The third kappa shape index (κ3) is 4.84. The summed E-state index contributed by atoms with van der Waals surface area (Å²) in [6, 6.07) is 23.0. The molecule has 1 N–H and O–H groups in total. The monoisotopic (exact) mass is 408 g/mol. The van der Waals surface area contributed by atoms with Gasteiger partial charge < -0.3 is 4.90 Å². The number of rotatable bonds is 7. The zero-order valence-electron chi connectivity index (χ0n) is 16.5. The van der Waals surface area contributed by atoms with Crippen molar-refractivity contribution in [3.05, 3.63) is 84.4 Å². The lowest BCUT2D eigenvalue weighted by molar-refractivity contribution is 0.0773. The van der Waals surface area contributed by atoms with Crippen LogP contribution in [0.3, 0.4) is 0 Å². The normalized spacial score (nSPS) is 11.1. The van der Waals surface area contributed by atoms with Crippen LogP contribution in [0.1, 0.15) is 24.2 Å². The first-order chi connectivity index (χ1) is 13.9. The summed E-state index contributed by atoms with van der Waals surface area (Å²) < 4.78 is 27.9. The number of carbonyl (C=O) groups excluding carboxylic acids is 1. The Hall–Kier alpha value is -3.12. The summed E-state index contributed by atoms with van der Waals surface area (Å²) in [4.78, 5) is 14.3. The van der Waals surface area contributed by atoms with Crippen molar-refractivity contribution in [2.75, 3.05) is 17.8 Å². The molecule has 0 fully saturated rings. The van der Waals surface area contributed by atoms with E-state index in [0.29, 0.717) is 24.3 Å². The molecule has 0 aliphatic carbocycles. The second-order valence-corrected chi connectivity index (χ2v) is 8.23. The van der Waals surface area contributed by atoms with Crippen molar-refractivity contribution in [2.45, 2.75) is 18.7 Å². The molecule has 0 aromatic heterocycles. The maximum Gasteiger partial charge on any atom is 0.261 e. The molecule has 0 unspecified atom stereocenters. The van der Waals surface area contributed by atoms with Crippen molar-refractivity contribution in [2.24, 2.45) is 0 Å². The summed E-state index contributed by atoms with van der Waals surface area (Å²) in [5, 5.41) is 0.